The third kappa shape index (κ3) is 46.7. The number of hydrogen-bond acceptors (Lipinski definition) is 5. The average molecular weight is 162 g/mol. The molecular weight excluding hydrogens is 148 g/mol. The zero-order valence-corrected chi connectivity index (χ0v) is 6.41. The highest BCUT2D eigenvalue weighted by molar-refractivity contribution is 5.47. The molecule has 5 heteroatoms. The third-order valence-corrected chi connectivity index (χ3v) is 0.908. The number of nitrogens with two attached hydrogens (primary N) is 2. The first kappa shape index (κ1) is 12.8. The molecule has 4 N–H and O–H groups in total. The minimum absolute atomic E-state index is 0.806. The second kappa shape index (κ2) is 11.9. The number of carbonyl (C=O) groups excluding carboxylic acids is 1. The predicted molar refractivity (Wildman–Crippen MR) is 37.4 cm³/mol. The summed E-state index contributed by atoms with van der Waals surface area (Å²) in [6.45, 7) is 1.61. The van der Waals surface area contributed by atoms with E-state index in [1.54, 1.807) is 0 Å². The van der Waals surface area contributed by atoms with Gasteiger partial charge in [-0.3, -0.25) is 0 Å². The SMILES string of the molecule is NCCCCCN.O=C([O-])[O-]. The molecule has 0 radical (unpaired) electrons. The van der Waals surface area contributed by atoms with E-state index < -0.39 is 6.16 Å². The van der Waals surface area contributed by atoms with Crippen molar-refractivity contribution in [2.75, 3.05) is 13.1 Å². The Morgan fingerprint density at radius 3 is 1.45 bits per heavy atom. The highest BCUT2D eigenvalue weighted by atomic mass is 16.6. The summed E-state index contributed by atoms with van der Waals surface area (Å²) in [6, 6.07) is 0. The zero-order valence-electron chi connectivity index (χ0n) is 6.41. The summed E-state index contributed by atoms with van der Waals surface area (Å²) in [5.41, 5.74) is 10.5. The van der Waals surface area contributed by atoms with Crippen LogP contribution < -0.4 is 21.7 Å². The second-order valence-electron chi connectivity index (χ2n) is 1.89. The highest BCUT2D eigenvalue weighted by Crippen LogP contribution is 1.88. The van der Waals surface area contributed by atoms with E-state index in [1.165, 1.54) is 6.42 Å². The van der Waals surface area contributed by atoms with Gasteiger partial charge in [0.1, 0.15) is 0 Å². The van der Waals surface area contributed by atoms with Crippen LogP contribution in [-0.2, 0) is 0 Å². The van der Waals surface area contributed by atoms with Crippen molar-refractivity contribution in [1.29, 1.82) is 0 Å². The van der Waals surface area contributed by atoms with Crippen molar-refractivity contribution in [1.82, 2.24) is 0 Å². The van der Waals surface area contributed by atoms with E-state index >= 15 is 0 Å². The van der Waals surface area contributed by atoms with Crippen LogP contribution in [0.2, 0.25) is 0 Å². The van der Waals surface area contributed by atoms with E-state index in [0.717, 1.165) is 25.9 Å². The van der Waals surface area contributed by atoms with Crippen LogP contribution in [0.25, 0.3) is 0 Å². The topological polar surface area (TPSA) is 115 Å². The summed E-state index contributed by atoms with van der Waals surface area (Å²) >= 11 is 0. The minimum Gasteiger partial charge on any atom is -0.652 e. The van der Waals surface area contributed by atoms with Crippen LogP contribution in [0.15, 0.2) is 0 Å². The molecule has 0 saturated carbocycles. The Morgan fingerprint density at radius 1 is 1.00 bits per heavy atom. The molecule has 0 aromatic rings. The quantitative estimate of drug-likeness (QED) is 0.448. The first-order chi connectivity index (χ1) is 5.15. The van der Waals surface area contributed by atoms with Crippen LogP contribution in [0, 0.1) is 0 Å². The van der Waals surface area contributed by atoms with Crippen molar-refractivity contribution >= 4 is 6.16 Å². The first-order valence-corrected chi connectivity index (χ1v) is 3.43. The van der Waals surface area contributed by atoms with E-state index in [-0.39, 0.29) is 0 Å². The summed E-state index contributed by atoms with van der Waals surface area (Å²) in [5.74, 6) is 0. The van der Waals surface area contributed by atoms with Gasteiger partial charge in [-0.25, -0.2) is 0 Å². The smallest absolute Gasteiger partial charge is 0.00773 e. The van der Waals surface area contributed by atoms with Crippen molar-refractivity contribution in [2.24, 2.45) is 11.5 Å². The minimum atomic E-state index is -2.33. The maximum Gasteiger partial charge on any atom is -0.00773 e. The molecule has 5 nitrogen and oxygen atoms in total. The molecule has 0 aromatic carbocycles. The van der Waals surface area contributed by atoms with E-state index in [9.17, 15) is 0 Å². The van der Waals surface area contributed by atoms with E-state index in [1.807, 2.05) is 0 Å². The molecule has 0 aromatic heterocycles. The lowest BCUT2D eigenvalue weighted by Gasteiger charge is -1.96. The number of hydrogen-bond donors (Lipinski definition) is 2. The number of unbranched alkanes of at least 4 members (excludes halogenated alkanes) is 2. The zero-order chi connectivity index (χ0) is 9.11. The molecule has 0 atom stereocenters. The second-order valence-corrected chi connectivity index (χ2v) is 1.89. The van der Waals surface area contributed by atoms with Crippen LogP contribution in [-0.4, -0.2) is 19.2 Å². The molecule has 0 fully saturated rings. The molecule has 11 heavy (non-hydrogen) atoms. The van der Waals surface area contributed by atoms with Gasteiger partial charge < -0.3 is 26.5 Å². The standard InChI is InChI=1S/C5H14N2.CH2O3/c6-4-2-1-3-5-7;2-1(3)4/h1-7H2;(H2,2,3,4)/p-2. The summed E-state index contributed by atoms with van der Waals surface area (Å²) < 4.78 is 0. The molecule has 0 heterocycles. The Bertz CT molecular complexity index is 79.9. The van der Waals surface area contributed by atoms with Gasteiger partial charge in [0.15, 0.2) is 0 Å². The first-order valence-electron chi connectivity index (χ1n) is 3.43. The third-order valence-electron chi connectivity index (χ3n) is 0.908. The Balaban J connectivity index is 0. The Hall–Kier alpha value is -0.810. The lowest BCUT2D eigenvalue weighted by atomic mass is 10.2. The molecule has 0 amide bonds. The van der Waals surface area contributed by atoms with Crippen molar-refractivity contribution in [3.63, 3.8) is 0 Å². The molecule has 0 aliphatic rings. The van der Waals surface area contributed by atoms with Gasteiger partial charge in [-0.2, -0.15) is 0 Å². The molecule has 68 valence electrons. The van der Waals surface area contributed by atoms with Crippen LogP contribution in [0.1, 0.15) is 19.3 Å². The van der Waals surface area contributed by atoms with Crippen LogP contribution in [0.3, 0.4) is 0 Å². The average Bonchev–Trinajstić information content (AvgIpc) is 1.88. The maximum absolute atomic E-state index is 8.33. The highest BCUT2D eigenvalue weighted by Gasteiger charge is 1.80. The van der Waals surface area contributed by atoms with Crippen molar-refractivity contribution in [2.45, 2.75) is 19.3 Å². The Kier molecular flexibility index (Phi) is 13.9. The lowest BCUT2D eigenvalue weighted by molar-refractivity contribution is -0.415. The summed E-state index contributed by atoms with van der Waals surface area (Å²) in [6.07, 6.45) is 1.10. The molecule has 0 bridgehead atoms. The van der Waals surface area contributed by atoms with E-state index in [2.05, 4.69) is 0 Å². The van der Waals surface area contributed by atoms with Crippen molar-refractivity contribution in [3.05, 3.63) is 0 Å². The van der Waals surface area contributed by atoms with Gasteiger partial charge in [0.2, 0.25) is 0 Å². The van der Waals surface area contributed by atoms with Gasteiger partial charge in [-0.1, -0.05) is 6.42 Å². The van der Waals surface area contributed by atoms with Crippen LogP contribution >= 0.6 is 0 Å². The normalized spacial score (nSPS) is 8.18. The Morgan fingerprint density at radius 2 is 1.27 bits per heavy atom. The molecular formula is C6H14N2O3-2. The molecule has 0 rings (SSSR count). The fraction of sp³-hybridized carbons (Fsp3) is 0.833. The largest absolute Gasteiger partial charge is 0.652 e. The van der Waals surface area contributed by atoms with Gasteiger partial charge in [0.05, 0.1) is 0 Å². The van der Waals surface area contributed by atoms with Crippen LogP contribution in [0.5, 0.6) is 0 Å². The molecule has 0 spiro atoms. The summed E-state index contributed by atoms with van der Waals surface area (Å²) in [4.78, 5) is 8.33. The molecule has 0 aliphatic carbocycles. The lowest BCUT2D eigenvalue weighted by Crippen LogP contribution is -2.37. The monoisotopic (exact) mass is 162 g/mol. The molecule has 0 unspecified atom stereocenters. The van der Waals surface area contributed by atoms with Gasteiger partial charge >= 0.3 is 0 Å². The number of carboxylic acid groups (broad SMARTS) is 2. The number of carbonyl (C=O) groups is 1. The van der Waals surface area contributed by atoms with Gasteiger partial charge in [-0.15, -0.1) is 0 Å². The number of rotatable bonds is 4. The summed E-state index contributed by atoms with van der Waals surface area (Å²) in [5, 5.41) is 16.7. The predicted octanol–water partition coefficient (Wildman–Crippen LogP) is -2.37. The van der Waals surface area contributed by atoms with Crippen LogP contribution in [0.4, 0.5) is 4.79 Å². The molecule has 0 saturated heterocycles. The van der Waals surface area contributed by atoms with Gasteiger partial charge in [-0.05, 0) is 32.1 Å². The van der Waals surface area contributed by atoms with E-state index in [0.29, 0.717) is 0 Å². The van der Waals surface area contributed by atoms with Gasteiger partial charge in [0.25, 0.3) is 0 Å². The van der Waals surface area contributed by atoms with Crippen molar-refractivity contribution in [3.8, 4) is 0 Å². The molecule has 0 aliphatic heterocycles. The van der Waals surface area contributed by atoms with Gasteiger partial charge in [0, 0.05) is 0 Å². The fourth-order valence-electron chi connectivity index (χ4n) is 0.465. The summed E-state index contributed by atoms with van der Waals surface area (Å²) in [7, 11) is 0. The van der Waals surface area contributed by atoms with E-state index in [4.69, 9.17) is 26.5 Å². The fourth-order valence-corrected chi connectivity index (χ4v) is 0.465. The van der Waals surface area contributed by atoms with Crippen molar-refractivity contribution < 1.29 is 15.0 Å². The Labute approximate surface area is 66.0 Å². The maximum atomic E-state index is 8.33.